The van der Waals surface area contributed by atoms with Crippen LogP contribution >= 0.6 is 28.3 Å². The van der Waals surface area contributed by atoms with Crippen molar-refractivity contribution in [2.75, 3.05) is 11.5 Å². The van der Waals surface area contributed by atoms with Crippen molar-refractivity contribution < 1.29 is 13.2 Å². The SMILES string of the molecule is CC(N)(C(=O)NC1CCCS(=O)(=O)C1)c1ccc(Br)cc1.Cl. The topological polar surface area (TPSA) is 89.3 Å². The Hall–Kier alpha value is -0.630. The number of nitrogens with one attached hydrogen (secondary N) is 1. The van der Waals surface area contributed by atoms with Crippen LogP contribution in [0.1, 0.15) is 25.3 Å². The highest BCUT2D eigenvalue weighted by molar-refractivity contribution is 9.10. The molecule has 8 heteroatoms. The molecule has 2 rings (SSSR count). The zero-order valence-electron chi connectivity index (χ0n) is 12.2. The van der Waals surface area contributed by atoms with Crippen molar-refractivity contribution in [2.45, 2.75) is 31.3 Å². The summed E-state index contributed by atoms with van der Waals surface area (Å²) in [5.41, 5.74) is 5.63. The van der Waals surface area contributed by atoms with Crippen LogP contribution in [-0.4, -0.2) is 31.9 Å². The fourth-order valence-corrected chi connectivity index (χ4v) is 4.30. The van der Waals surface area contributed by atoms with E-state index in [0.717, 1.165) is 4.47 Å². The van der Waals surface area contributed by atoms with Gasteiger partial charge in [0.25, 0.3) is 0 Å². The minimum Gasteiger partial charge on any atom is -0.350 e. The average Bonchev–Trinajstić information content (AvgIpc) is 2.38. The van der Waals surface area contributed by atoms with Gasteiger partial charge < -0.3 is 11.1 Å². The Morgan fingerprint density at radius 1 is 1.36 bits per heavy atom. The molecule has 1 heterocycles. The molecule has 0 aliphatic carbocycles. The molecule has 1 aliphatic rings. The second kappa shape index (κ2) is 7.29. The summed E-state index contributed by atoms with van der Waals surface area (Å²) >= 11 is 3.33. The van der Waals surface area contributed by atoms with Crippen molar-refractivity contribution in [3.05, 3.63) is 34.3 Å². The Kier molecular flexibility index (Phi) is 6.44. The fourth-order valence-electron chi connectivity index (χ4n) is 2.40. The number of halogens is 2. The van der Waals surface area contributed by atoms with E-state index in [1.807, 2.05) is 12.1 Å². The Balaban J connectivity index is 0.00000242. The summed E-state index contributed by atoms with van der Waals surface area (Å²) < 4.78 is 24.1. The van der Waals surface area contributed by atoms with Gasteiger partial charge in [-0.25, -0.2) is 8.42 Å². The monoisotopic (exact) mass is 410 g/mol. The van der Waals surface area contributed by atoms with Crippen LogP contribution in [0.3, 0.4) is 0 Å². The fraction of sp³-hybridized carbons (Fsp3) is 0.500. The third kappa shape index (κ3) is 4.68. The molecule has 1 fully saturated rings. The first-order chi connectivity index (χ1) is 9.71. The van der Waals surface area contributed by atoms with Crippen LogP contribution in [0.2, 0.25) is 0 Å². The molecule has 2 unspecified atom stereocenters. The Labute approximate surface area is 145 Å². The lowest BCUT2D eigenvalue weighted by molar-refractivity contribution is -0.126. The summed E-state index contributed by atoms with van der Waals surface area (Å²) in [5.74, 6) is -0.159. The van der Waals surface area contributed by atoms with Crippen LogP contribution in [-0.2, 0) is 20.2 Å². The second-order valence-electron chi connectivity index (χ2n) is 5.64. The molecule has 2 atom stereocenters. The first kappa shape index (κ1) is 19.4. The van der Waals surface area contributed by atoms with Gasteiger partial charge in [0, 0.05) is 10.5 Å². The number of amides is 1. The predicted octanol–water partition coefficient (Wildman–Crippen LogP) is 1.74. The lowest BCUT2D eigenvalue weighted by Crippen LogP contribution is -2.54. The summed E-state index contributed by atoms with van der Waals surface area (Å²) in [6.07, 6.45) is 1.24. The molecule has 124 valence electrons. The summed E-state index contributed by atoms with van der Waals surface area (Å²) in [4.78, 5) is 12.4. The molecule has 3 N–H and O–H groups in total. The standard InChI is InChI=1S/C14H19BrN2O3S.ClH/c1-14(16,10-4-6-11(15)7-5-10)13(18)17-12-3-2-8-21(19,20)9-12;/h4-7,12H,2-3,8-9,16H2,1H3,(H,17,18);1H. The number of carbonyl (C=O) groups is 1. The molecule has 1 amide bonds. The number of hydrogen-bond donors (Lipinski definition) is 2. The maximum atomic E-state index is 12.4. The van der Waals surface area contributed by atoms with Gasteiger partial charge in [-0.15, -0.1) is 12.4 Å². The first-order valence-corrected chi connectivity index (χ1v) is 9.38. The van der Waals surface area contributed by atoms with Gasteiger partial charge in [0.15, 0.2) is 9.84 Å². The van der Waals surface area contributed by atoms with Crippen molar-refractivity contribution in [1.82, 2.24) is 5.32 Å². The van der Waals surface area contributed by atoms with E-state index in [0.29, 0.717) is 18.4 Å². The molecule has 5 nitrogen and oxygen atoms in total. The summed E-state index contributed by atoms with van der Waals surface area (Å²) in [6.45, 7) is 1.63. The number of carbonyl (C=O) groups excluding carboxylic acids is 1. The highest BCUT2D eigenvalue weighted by Crippen LogP contribution is 2.21. The summed E-state index contributed by atoms with van der Waals surface area (Å²) in [7, 11) is -3.06. The number of rotatable bonds is 3. The third-order valence-electron chi connectivity index (χ3n) is 3.71. The molecule has 1 aliphatic heterocycles. The van der Waals surface area contributed by atoms with Crippen molar-refractivity contribution in [3.63, 3.8) is 0 Å². The lowest BCUT2D eigenvalue weighted by atomic mass is 9.92. The normalized spacial score (nSPS) is 23.0. The molecular formula is C14H20BrClN2O3S. The molecule has 0 spiro atoms. The Bertz CT molecular complexity index is 632. The Morgan fingerprint density at radius 3 is 2.50 bits per heavy atom. The number of benzene rings is 1. The highest BCUT2D eigenvalue weighted by atomic mass is 79.9. The minimum atomic E-state index is -3.06. The van der Waals surface area contributed by atoms with Crippen molar-refractivity contribution in [3.8, 4) is 0 Å². The highest BCUT2D eigenvalue weighted by Gasteiger charge is 2.34. The quantitative estimate of drug-likeness (QED) is 0.793. The van der Waals surface area contributed by atoms with Crippen molar-refractivity contribution in [2.24, 2.45) is 5.73 Å². The van der Waals surface area contributed by atoms with Gasteiger partial charge >= 0.3 is 0 Å². The van der Waals surface area contributed by atoms with Crippen molar-refractivity contribution in [1.29, 1.82) is 0 Å². The maximum absolute atomic E-state index is 12.4. The molecule has 1 saturated heterocycles. The molecule has 0 radical (unpaired) electrons. The average molecular weight is 412 g/mol. The van der Waals surface area contributed by atoms with Gasteiger partial charge in [-0.05, 0) is 37.5 Å². The minimum absolute atomic E-state index is 0. The van der Waals surface area contributed by atoms with Crippen LogP contribution in [0.15, 0.2) is 28.7 Å². The summed E-state index contributed by atoms with van der Waals surface area (Å²) in [5, 5.41) is 2.77. The number of sulfone groups is 1. The molecule has 22 heavy (non-hydrogen) atoms. The molecule has 0 aromatic heterocycles. The third-order valence-corrected chi connectivity index (χ3v) is 6.06. The van der Waals surface area contributed by atoms with E-state index < -0.39 is 15.4 Å². The zero-order chi connectivity index (χ0) is 15.7. The van der Waals surface area contributed by atoms with E-state index in [9.17, 15) is 13.2 Å². The van der Waals surface area contributed by atoms with E-state index in [-0.39, 0.29) is 35.9 Å². The second-order valence-corrected chi connectivity index (χ2v) is 8.78. The van der Waals surface area contributed by atoms with Gasteiger partial charge in [-0.3, -0.25) is 4.79 Å². The van der Waals surface area contributed by atoms with E-state index in [1.165, 1.54) is 0 Å². The van der Waals surface area contributed by atoms with E-state index in [1.54, 1.807) is 19.1 Å². The largest absolute Gasteiger partial charge is 0.350 e. The van der Waals surface area contributed by atoms with Crippen LogP contribution in [0.25, 0.3) is 0 Å². The maximum Gasteiger partial charge on any atom is 0.244 e. The molecule has 0 saturated carbocycles. The van der Waals surface area contributed by atoms with Gasteiger partial charge in [-0.2, -0.15) is 0 Å². The first-order valence-electron chi connectivity index (χ1n) is 6.77. The van der Waals surface area contributed by atoms with Crippen LogP contribution in [0.4, 0.5) is 0 Å². The van der Waals surface area contributed by atoms with Gasteiger partial charge in [0.2, 0.25) is 5.91 Å². The molecular weight excluding hydrogens is 392 g/mol. The van der Waals surface area contributed by atoms with Gasteiger partial charge in [0.1, 0.15) is 5.54 Å². The smallest absolute Gasteiger partial charge is 0.244 e. The molecule has 1 aromatic rings. The van der Waals surface area contributed by atoms with Crippen molar-refractivity contribution >= 4 is 44.1 Å². The number of nitrogens with two attached hydrogens (primary N) is 1. The van der Waals surface area contributed by atoms with Crippen LogP contribution in [0.5, 0.6) is 0 Å². The molecule has 1 aromatic carbocycles. The van der Waals surface area contributed by atoms with E-state index in [2.05, 4.69) is 21.2 Å². The Morgan fingerprint density at radius 2 is 1.95 bits per heavy atom. The zero-order valence-corrected chi connectivity index (χ0v) is 15.4. The lowest BCUT2D eigenvalue weighted by Gasteiger charge is -2.29. The molecule has 0 bridgehead atoms. The van der Waals surface area contributed by atoms with E-state index >= 15 is 0 Å². The van der Waals surface area contributed by atoms with E-state index in [4.69, 9.17) is 5.73 Å². The number of hydrogen-bond acceptors (Lipinski definition) is 4. The van der Waals surface area contributed by atoms with Gasteiger partial charge in [-0.1, -0.05) is 28.1 Å². The van der Waals surface area contributed by atoms with Gasteiger partial charge in [0.05, 0.1) is 11.5 Å². The van der Waals surface area contributed by atoms with Crippen LogP contribution in [0, 0.1) is 0 Å². The summed E-state index contributed by atoms with van der Waals surface area (Å²) in [6, 6.07) is 6.84. The van der Waals surface area contributed by atoms with Crippen LogP contribution < -0.4 is 11.1 Å². The predicted molar refractivity (Wildman–Crippen MR) is 92.7 cm³/mol.